The molecule has 0 unspecified atom stereocenters. The summed E-state index contributed by atoms with van der Waals surface area (Å²) in [4.78, 5) is 4.15. The van der Waals surface area contributed by atoms with E-state index in [4.69, 9.17) is 9.84 Å². The van der Waals surface area contributed by atoms with E-state index in [0.717, 1.165) is 18.1 Å². The minimum absolute atomic E-state index is 0.156. The lowest BCUT2D eigenvalue weighted by atomic mass is 10.4. The van der Waals surface area contributed by atoms with E-state index < -0.39 is 0 Å². The first-order valence-corrected chi connectivity index (χ1v) is 4.80. The van der Waals surface area contributed by atoms with E-state index in [0.29, 0.717) is 13.0 Å². The molecule has 0 aliphatic rings. The van der Waals surface area contributed by atoms with Crippen molar-refractivity contribution in [3.63, 3.8) is 0 Å². The molecule has 1 heterocycles. The largest absolute Gasteiger partial charge is 0.492 e. The number of aliphatic hydroxyl groups is 1. The van der Waals surface area contributed by atoms with Crippen LogP contribution in [0.3, 0.4) is 0 Å². The van der Waals surface area contributed by atoms with Gasteiger partial charge in [-0.15, -0.1) is 0 Å². The fraction of sp³-hybridized carbons (Fsp3) is 0.500. The Labute approximate surface area is 83.9 Å². The molecule has 4 nitrogen and oxygen atoms in total. The number of nitrogens with one attached hydrogen (secondary N) is 1. The van der Waals surface area contributed by atoms with E-state index >= 15 is 0 Å². The smallest absolute Gasteiger partial charge is 0.137 e. The molecule has 0 radical (unpaired) electrons. The maximum absolute atomic E-state index is 8.55. The van der Waals surface area contributed by atoms with Gasteiger partial charge in [0.2, 0.25) is 0 Å². The maximum Gasteiger partial charge on any atom is 0.137 e. The second-order valence-corrected chi connectivity index (χ2v) is 2.84. The minimum Gasteiger partial charge on any atom is -0.492 e. The number of aliphatic hydroxyl groups excluding tert-OH is 1. The molecule has 2 N–H and O–H groups in total. The molecule has 78 valence electrons. The van der Waals surface area contributed by atoms with Crippen molar-refractivity contribution in [2.75, 3.05) is 25.1 Å². The molecule has 0 aliphatic heterocycles. The molecule has 0 bridgehead atoms. The van der Waals surface area contributed by atoms with Gasteiger partial charge in [0, 0.05) is 19.6 Å². The van der Waals surface area contributed by atoms with Crippen LogP contribution in [-0.2, 0) is 0 Å². The van der Waals surface area contributed by atoms with Crippen LogP contribution < -0.4 is 10.1 Å². The second kappa shape index (κ2) is 6.21. The normalized spacial score (nSPS) is 9.86. The van der Waals surface area contributed by atoms with Gasteiger partial charge in [-0.25, -0.2) is 4.98 Å². The van der Waals surface area contributed by atoms with Crippen molar-refractivity contribution in [1.82, 2.24) is 4.98 Å². The lowest BCUT2D eigenvalue weighted by Gasteiger charge is -2.05. The van der Waals surface area contributed by atoms with E-state index in [9.17, 15) is 0 Å². The zero-order chi connectivity index (χ0) is 10.2. The SMILES string of the molecule is CCNc1ccc(OCCCO)cn1. The summed E-state index contributed by atoms with van der Waals surface area (Å²) in [7, 11) is 0. The van der Waals surface area contributed by atoms with Crippen molar-refractivity contribution in [3.05, 3.63) is 18.3 Å². The number of anilines is 1. The molecule has 1 aromatic rings. The van der Waals surface area contributed by atoms with Crippen molar-refractivity contribution in [1.29, 1.82) is 0 Å². The Kier molecular flexibility index (Phi) is 4.78. The highest BCUT2D eigenvalue weighted by molar-refractivity contribution is 5.37. The van der Waals surface area contributed by atoms with Crippen LogP contribution in [0.2, 0.25) is 0 Å². The first-order chi connectivity index (χ1) is 6.86. The standard InChI is InChI=1S/C10H16N2O2/c1-2-11-10-5-4-9(8-12-10)14-7-3-6-13/h4-5,8,13H,2-3,6-7H2,1H3,(H,11,12). The topological polar surface area (TPSA) is 54.4 Å². The molecular formula is C10H16N2O2. The molecule has 0 aromatic carbocycles. The summed E-state index contributed by atoms with van der Waals surface area (Å²) in [5, 5.41) is 11.6. The molecule has 0 spiro atoms. The first-order valence-electron chi connectivity index (χ1n) is 4.80. The van der Waals surface area contributed by atoms with Gasteiger partial charge in [-0.05, 0) is 19.1 Å². The summed E-state index contributed by atoms with van der Waals surface area (Å²) >= 11 is 0. The summed E-state index contributed by atoms with van der Waals surface area (Å²) < 4.78 is 5.33. The average Bonchev–Trinajstić information content (AvgIpc) is 2.21. The van der Waals surface area contributed by atoms with E-state index in [1.54, 1.807) is 6.20 Å². The number of nitrogens with zero attached hydrogens (tertiary/aromatic N) is 1. The van der Waals surface area contributed by atoms with E-state index in [-0.39, 0.29) is 6.61 Å². The van der Waals surface area contributed by atoms with Crippen molar-refractivity contribution in [3.8, 4) is 5.75 Å². The van der Waals surface area contributed by atoms with Crippen LogP contribution in [0, 0.1) is 0 Å². The third-order valence-corrected chi connectivity index (χ3v) is 1.67. The van der Waals surface area contributed by atoms with Gasteiger partial charge < -0.3 is 15.2 Å². The van der Waals surface area contributed by atoms with Gasteiger partial charge in [-0.2, -0.15) is 0 Å². The zero-order valence-corrected chi connectivity index (χ0v) is 8.36. The van der Waals surface area contributed by atoms with Crippen molar-refractivity contribution < 1.29 is 9.84 Å². The third-order valence-electron chi connectivity index (χ3n) is 1.67. The van der Waals surface area contributed by atoms with Crippen molar-refractivity contribution in [2.24, 2.45) is 0 Å². The second-order valence-electron chi connectivity index (χ2n) is 2.84. The molecule has 0 saturated carbocycles. The first kappa shape index (κ1) is 10.8. The van der Waals surface area contributed by atoms with Crippen LogP contribution >= 0.6 is 0 Å². The lowest BCUT2D eigenvalue weighted by Crippen LogP contribution is -2.01. The van der Waals surface area contributed by atoms with Gasteiger partial charge in [-0.1, -0.05) is 0 Å². The predicted octanol–water partition coefficient (Wildman–Crippen LogP) is 1.27. The monoisotopic (exact) mass is 196 g/mol. The Bertz CT molecular complexity index is 249. The Morgan fingerprint density at radius 3 is 2.93 bits per heavy atom. The number of ether oxygens (including phenoxy) is 1. The highest BCUT2D eigenvalue weighted by atomic mass is 16.5. The van der Waals surface area contributed by atoms with Crippen LogP contribution in [0.5, 0.6) is 5.75 Å². The number of hydrogen-bond acceptors (Lipinski definition) is 4. The van der Waals surface area contributed by atoms with Crippen molar-refractivity contribution in [2.45, 2.75) is 13.3 Å². The molecular weight excluding hydrogens is 180 g/mol. The van der Waals surface area contributed by atoms with Crippen LogP contribution in [0.25, 0.3) is 0 Å². The minimum atomic E-state index is 0.156. The highest BCUT2D eigenvalue weighted by Gasteiger charge is 1.94. The molecule has 4 heteroatoms. The maximum atomic E-state index is 8.55. The number of pyridine rings is 1. The number of hydrogen-bond donors (Lipinski definition) is 2. The fourth-order valence-electron chi connectivity index (χ4n) is 1.01. The zero-order valence-electron chi connectivity index (χ0n) is 8.36. The Balaban J connectivity index is 2.38. The number of rotatable bonds is 6. The Hall–Kier alpha value is -1.29. The fourth-order valence-corrected chi connectivity index (χ4v) is 1.01. The molecule has 0 aliphatic carbocycles. The summed E-state index contributed by atoms with van der Waals surface area (Å²) in [6.45, 7) is 3.56. The lowest BCUT2D eigenvalue weighted by molar-refractivity contribution is 0.233. The Morgan fingerprint density at radius 1 is 1.50 bits per heavy atom. The van der Waals surface area contributed by atoms with Gasteiger partial charge >= 0.3 is 0 Å². The van der Waals surface area contributed by atoms with Crippen LogP contribution in [0.1, 0.15) is 13.3 Å². The van der Waals surface area contributed by atoms with Gasteiger partial charge in [0.1, 0.15) is 11.6 Å². The van der Waals surface area contributed by atoms with E-state index in [1.165, 1.54) is 0 Å². The molecule has 1 rings (SSSR count). The number of aromatic nitrogens is 1. The summed E-state index contributed by atoms with van der Waals surface area (Å²) in [6, 6.07) is 3.74. The van der Waals surface area contributed by atoms with Crippen molar-refractivity contribution >= 4 is 5.82 Å². The molecule has 0 atom stereocenters. The molecule has 0 amide bonds. The average molecular weight is 196 g/mol. The van der Waals surface area contributed by atoms with Crippen LogP contribution in [0.4, 0.5) is 5.82 Å². The van der Waals surface area contributed by atoms with E-state index in [2.05, 4.69) is 10.3 Å². The summed E-state index contributed by atoms with van der Waals surface area (Å²) in [5.41, 5.74) is 0. The van der Waals surface area contributed by atoms with Gasteiger partial charge in [-0.3, -0.25) is 0 Å². The van der Waals surface area contributed by atoms with Crippen LogP contribution in [-0.4, -0.2) is 29.8 Å². The van der Waals surface area contributed by atoms with E-state index in [1.807, 2.05) is 19.1 Å². The quantitative estimate of drug-likeness (QED) is 0.673. The van der Waals surface area contributed by atoms with Gasteiger partial charge in [0.15, 0.2) is 0 Å². The highest BCUT2D eigenvalue weighted by Crippen LogP contribution is 2.11. The summed E-state index contributed by atoms with van der Waals surface area (Å²) in [6.07, 6.45) is 2.32. The molecule has 1 aromatic heterocycles. The predicted molar refractivity (Wildman–Crippen MR) is 55.6 cm³/mol. The molecule has 0 fully saturated rings. The molecule has 0 saturated heterocycles. The Morgan fingerprint density at radius 2 is 2.36 bits per heavy atom. The third kappa shape index (κ3) is 3.62. The van der Waals surface area contributed by atoms with Crippen LogP contribution in [0.15, 0.2) is 18.3 Å². The summed E-state index contributed by atoms with van der Waals surface area (Å²) in [5.74, 6) is 1.59. The van der Waals surface area contributed by atoms with Gasteiger partial charge in [0.25, 0.3) is 0 Å². The molecule has 14 heavy (non-hydrogen) atoms. The van der Waals surface area contributed by atoms with Gasteiger partial charge in [0.05, 0.1) is 12.8 Å².